The van der Waals surface area contributed by atoms with Gasteiger partial charge in [0.2, 0.25) is 0 Å². The van der Waals surface area contributed by atoms with Crippen molar-refractivity contribution in [2.24, 2.45) is 13.0 Å². The van der Waals surface area contributed by atoms with Gasteiger partial charge < -0.3 is 4.57 Å². The van der Waals surface area contributed by atoms with Gasteiger partial charge in [-0.25, -0.2) is 13.4 Å². The molecule has 0 aliphatic carbocycles. The van der Waals surface area contributed by atoms with Crippen molar-refractivity contribution in [2.45, 2.75) is 24.4 Å². The molecule has 2 aromatic heterocycles. The first kappa shape index (κ1) is 14.3. The highest BCUT2D eigenvalue weighted by Crippen LogP contribution is 2.22. The molecule has 1 atom stereocenters. The minimum Gasteiger partial charge on any atom is -0.335 e. The van der Waals surface area contributed by atoms with Crippen molar-refractivity contribution in [2.75, 3.05) is 13.6 Å². The van der Waals surface area contributed by atoms with Crippen LogP contribution in [0, 0.1) is 5.92 Å². The highest BCUT2D eigenvalue weighted by atomic mass is 32.2. The molecule has 1 aliphatic heterocycles. The SMILES string of the molecule is CN(CC1CCc2nccn2C1)S(=O)(=O)c1ccnn1C. The minimum absolute atomic E-state index is 0.226. The standard InChI is InChI=1S/C13H19N5O2S/c1-16(21(19,20)13-5-6-15-17(13)2)9-11-3-4-12-14-7-8-18(12)10-11/h5-8,11H,3-4,9-10H2,1-2H3. The summed E-state index contributed by atoms with van der Waals surface area (Å²) >= 11 is 0. The van der Waals surface area contributed by atoms with Crippen LogP contribution >= 0.6 is 0 Å². The molecule has 2 aromatic rings. The average molecular weight is 309 g/mol. The van der Waals surface area contributed by atoms with Gasteiger partial charge in [-0.15, -0.1) is 0 Å². The predicted octanol–water partition coefficient (Wildman–Crippen LogP) is 0.500. The molecule has 7 nitrogen and oxygen atoms in total. The summed E-state index contributed by atoms with van der Waals surface area (Å²) in [6.07, 6.45) is 7.11. The van der Waals surface area contributed by atoms with Crippen LogP contribution < -0.4 is 0 Å². The zero-order valence-corrected chi connectivity index (χ0v) is 13.0. The van der Waals surface area contributed by atoms with Gasteiger partial charge >= 0.3 is 0 Å². The van der Waals surface area contributed by atoms with Gasteiger partial charge in [0.1, 0.15) is 5.82 Å². The summed E-state index contributed by atoms with van der Waals surface area (Å²) in [5.74, 6) is 1.39. The zero-order chi connectivity index (χ0) is 15.0. The number of fused-ring (bicyclic) bond motifs is 1. The fraction of sp³-hybridized carbons (Fsp3) is 0.538. The van der Waals surface area contributed by atoms with Gasteiger partial charge in [-0.1, -0.05) is 0 Å². The van der Waals surface area contributed by atoms with E-state index in [2.05, 4.69) is 14.6 Å². The van der Waals surface area contributed by atoms with E-state index in [1.165, 1.54) is 21.3 Å². The van der Waals surface area contributed by atoms with Gasteiger partial charge in [0.25, 0.3) is 10.0 Å². The molecule has 0 fully saturated rings. The first-order valence-corrected chi connectivity index (χ1v) is 8.37. The number of hydrogen-bond acceptors (Lipinski definition) is 4. The van der Waals surface area contributed by atoms with Gasteiger partial charge in [0.15, 0.2) is 5.03 Å². The number of aryl methyl sites for hydroxylation is 2. The molecule has 0 bridgehead atoms. The molecular formula is C13H19N5O2S. The van der Waals surface area contributed by atoms with Crippen molar-refractivity contribution in [3.63, 3.8) is 0 Å². The van der Waals surface area contributed by atoms with E-state index in [-0.39, 0.29) is 5.03 Å². The van der Waals surface area contributed by atoms with E-state index in [0.29, 0.717) is 12.5 Å². The van der Waals surface area contributed by atoms with Crippen molar-refractivity contribution in [3.05, 3.63) is 30.5 Å². The van der Waals surface area contributed by atoms with Crippen LogP contribution in [0.2, 0.25) is 0 Å². The van der Waals surface area contributed by atoms with Crippen molar-refractivity contribution in [1.82, 2.24) is 23.6 Å². The Kier molecular flexibility index (Phi) is 3.58. The largest absolute Gasteiger partial charge is 0.335 e. The topological polar surface area (TPSA) is 73.0 Å². The Bertz CT molecular complexity index is 733. The fourth-order valence-electron chi connectivity index (χ4n) is 2.82. The molecule has 0 saturated heterocycles. The second kappa shape index (κ2) is 5.27. The lowest BCUT2D eigenvalue weighted by Gasteiger charge is -2.27. The number of aromatic nitrogens is 4. The molecular weight excluding hydrogens is 290 g/mol. The minimum atomic E-state index is -3.48. The fourth-order valence-corrected chi connectivity index (χ4v) is 4.16. The highest BCUT2D eigenvalue weighted by Gasteiger charge is 2.28. The van der Waals surface area contributed by atoms with Crippen LogP contribution in [0.25, 0.3) is 0 Å². The molecule has 3 heterocycles. The van der Waals surface area contributed by atoms with Crippen LogP contribution in [0.3, 0.4) is 0 Å². The van der Waals surface area contributed by atoms with E-state index in [1.807, 2.05) is 6.20 Å². The third kappa shape index (κ3) is 2.60. The number of imidazole rings is 1. The van der Waals surface area contributed by atoms with Crippen molar-refractivity contribution in [3.8, 4) is 0 Å². The van der Waals surface area contributed by atoms with E-state index >= 15 is 0 Å². The van der Waals surface area contributed by atoms with E-state index in [1.54, 1.807) is 20.3 Å². The van der Waals surface area contributed by atoms with Gasteiger partial charge in [-0.2, -0.15) is 9.40 Å². The molecule has 8 heteroatoms. The highest BCUT2D eigenvalue weighted by molar-refractivity contribution is 7.89. The lowest BCUT2D eigenvalue weighted by Crippen LogP contribution is -2.36. The van der Waals surface area contributed by atoms with Crippen LogP contribution in [-0.4, -0.2) is 45.6 Å². The number of nitrogens with zero attached hydrogens (tertiary/aromatic N) is 5. The summed E-state index contributed by atoms with van der Waals surface area (Å²) in [6, 6.07) is 1.53. The first-order valence-electron chi connectivity index (χ1n) is 6.93. The Morgan fingerprint density at radius 3 is 2.95 bits per heavy atom. The van der Waals surface area contributed by atoms with Crippen LogP contribution in [0.1, 0.15) is 12.2 Å². The normalized spacial score (nSPS) is 18.9. The lowest BCUT2D eigenvalue weighted by atomic mass is 10.00. The van der Waals surface area contributed by atoms with E-state index in [9.17, 15) is 8.42 Å². The molecule has 114 valence electrons. The average Bonchev–Trinajstić information content (AvgIpc) is 3.06. The first-order chi connectivity index (χ1) is 9.98. The maximum Gasteiger partial charge on any atom is 0.259 e. The van der Waals surface area contributed by atoms with Gasteiger partial charge in [0, 0.05) is 46.0 Å². The number of hydrogen-bond donors (Lipinski definition) is 0. The maximum absolute atomic E-state index is 12.5. The Balaban J connectivity index is 1.73. The molecule has 0 aromatic carbocycles. The van der Waals surface area contributed by atoms with Crippen molar-refractivity contribution in [1.29, 1.82) is 0 Å². The Hall–Kier alpha value is -1.67. The second-order valence-corrected chi connectivity index (χ2v) is 7.47. The molecule has 0 N–H and O–H groups in total. The Morgan fingerprint density at radius 2 is 2.24 bits per heavy atom. The van der Waals surface area contributed by atoms with Crippen LogP contribution in [0.4, 0.5) is 0 Å². The van der Waals surface area contributed by atoms with Gasteiger partial charge in [-0.05, 0) is 18.4 Å². The summed E-state index contributed by atoms with van der Waals surface area (Å²) < 4.78 is 30.0. The molecule has 21 heavy (non-hydrogen) atoms. The summed E-state index contributed by atoms with van der Waals surface area (Å²) in [6.45, 7) is 1.33. The summed E-state index contributed by atoms with van der Waals surface area (Å²) in [5, 5.41) is 4.16. The van der Waals surface area contributed by atoms with Crippen LogP contribution in [-0.2, 0) is 30.0 Å². The Labute approximate surface area is 124 Å². The molecule has 0 spiro atoms. The monoisotopic (exact) mass is 309 g/mol. The van der Waals surface area contributed by atoms with Crippen molar-refractivity contribution >= 4 is 10.0 Å². The third-order valence-corrected chi connectivity index (χ3v) is 5.90. The zero-order valence-electron chi connectivity index (χ0n) is 12.2. The Morgan fingerprint density at radius 1 is 1.43 bits per heavy atom. The molecule has 0 saturated carbocycles. The molecule has 3 rings (SSSR count). The predicted molar refractivity (Wildman–Crippen MR) is 77.1 cm³/mol. The third-order valence-electron chi connectivity index (χ3n) is 4.00. The number of rotatable bonds is 4. The summed E-state index contributed by atoms with van der Waals surface area (Å²) in [7, 11) is -0.212. The van der Waals surface area contributed by atoms with Crippen LogP contribution in [0.5, 0.6) is 0 Å². The molecule has 1 unspecified atom stereocenters. The summed E-state index contributed by atoms with van der Waals surface area (Å²) in [5.41, 5.74) is 0. The second-order valence-electron chi connectivity index (χ2n) is 5.48. The van der Waals surface area contributed by atoms with Gasteiger partial charge in [-0.3, -0.25) is 4.68 Å². The molecule has 0 amide bonds. The van der Waals surface area contributed by atoms with Crippen molar-refractivity contribution < 1.29 is 8.42 Å². The smallest absolute Gasteiger partial charge is 0.259 e. The maximum atomic E-state index is 12.5. The lowest BCUT2D eigenvalue weighted by molar-refractivity contribution is 0.302. The van der Waals surface area contributed by atoms with Crippen LogP contribution in [0.15, 0.2) is 29.7 Å². The van der Waals surface area contributed by atoms with E-state index in [0.717, 1.165) is 25.2 Å². The summed E-state index contributed by atoms with van der Waals surface area (Å²) in [4.78, 5) is 4.29. The quantitative estimate of drug-likeness (QED) is 0.824. The van der Waals surface area contributed by atoms with Gasteiger partial charge in [0.05, 0.1) is 6.20 Å². The number of sulfonamides is 1. The van der Waals surface area contributed by atoms with E-state index < -0.39 is 10.0 Å². The molecule has 1 aliphatic rings. The molecule has 0 radical (unpaired) electrons. The van der Waals surface area contributed by atoms with E-state index in [4.69, 9.17) is 0 Å².